The highest BCUT2D eigenvalue weighted by Gasteiger charge is 2.08. The molecule has 0 aliphatic carbocycles. The normalized spacial score (nSPS) is 10.4. The van der Waals surface area contributed by atoms with Crippen LogP contribution in [0.15, 0.2) is 78.2 Å². The van der Waals surface area contributed by atoms with Gasteiger partial charge in [0.25, 0.3) is 17.7 Å². The van der Waals surface area contributed by atoms with Gasteiger partial charge in [0.2, 0.25) is 0 Å². The number of anilines is 1. The monoisotopic (exact) mass is 391 g/mol. The number of hydrazine groups is 1. The molecule has 2 aromatic carbocycles. The average molecular weight is 391 g/mol. The summed E-state index contributed by atoms with van der Waals surface area (Å²) >= 11 is 1.51. The highest BCUT2D eigenvalue weighted by Crippen LogP contribution is 2.12. The van der Waals surface area contributed by atoms with Crippen LogP contribution < -0.4 is 16.2 Å². The van der Waals surface area contributed by atoms with Crippen molar-refractivity contribution in [2.75, 3.05) is 5.32 Å². The number of rotatable bonds is 5. The van der Waals surface area contributed by atoms with E-state index in [2.05, 4.69) is 16.2 Å². The molecule has 0 saturated heterocycles. The molecule has 0 spiro atoms. The van der Waals surface area contributed by atoms with Crippen LogP contribution in [0.4, 0.5) is 5.69 Å². The molecule has 1 aromatic heterocycles. The molecule has 3 rings (SSSR count). The van der Waals surface area contributed by atoms with E-state index in [1.54, 1.807) is 54.6 Å². The summed E-state index contributed by atoms with van der Waals surface area (Å²) in [7, 11) is 0. The van der Waals surface area contributed by atoms with Gasteiger partial charge in [-0.05, 0) is 53.9 Å². The molecule has 6 nitrogen and oxygen atoms in total. The maximum atomic E-state index is 12.1. The van der Waals surface area contributed by atoms with E-state index < -0.39 is 11.8 Å². The van der Waals surface area contributed by atoms with Gasteiger partial charge >= 0.3 is 0 Å². The zero-order valence-corrected chi connectivity index (χ0v) is 15.5. The second-order valence-corrected chi connectivity index (χ2v) is 6.67. The Balaban J connectivity index is 1.50. The molecule has 0 bridgehead atoms. The van der Waals surface area contributed by atoms with Crippen molar-refractivity contribution in [2.24, 2.45) is 0 Å². The second-order valence-electron chi connectivity index (χ2n) is 5.69. The van der Waals surface area contributed by atoms with Gasteiger partial charge in [-0.3, -0.25) is 25.2 Å². The van der Waals surface area contributed by atoms with Crippen molar-refractivity contribution < 1.29 is 14.4 Å². The molecule has 0 saturated carbocycles. The quantitative estimate of drug-likeness (QED) is 0.460. The van der Waals surface area contributed by atoms with Crippen molar-refractivity contribution in [3.63, 3.8) is 0 Å². The molecule has 3 aromatic rings. The fraction of sp³-hybridized carbons (Fsp3) is 0. The van der Waals surface area contributed by atoms with Crippen LogP contribution in [0.25, 0.3) is 6.08 Å². The molecule has 1 heterocycles. The van der Waals surface area contributed by atoms with Gasteiger partial charge in [-0.25, -0.2) is 0 Å². The van der Waals surface area contributed by atoms with Crippen LogP contribution in [-0.4, -0.2) is 17.7 Å². The van der Waals surface area contributed by atoms with Crippen LogP contribution in [0, 0.1) is 0 Å². The summed E-state index contributed by atoms with van der Waals surface area (Å²) in [6.45, 7) is 0. The number of thiophene rings is 1. The van der Waals surface area contributed by atoms with E-state index in [1.807, 2.05) is 23.6 Å². The van der Waals surface area contributed by atoms with E-state index in [9.17, 15) is 14.4 Å². The molecule has 7 heteroatoms. The molecule has 3 amide bonds. The summed E-state index contributed by atoms with van der Waals surface area (Å²) in [5.41, 5.74) is 6.12. The smallest absolute Gasteiger partial charge is 0.269 e. The minimum absolute atomic E-state index is 0.234. The lowest BCUT2D eigenvalue weighted by molar-refractivity contribution is -0.117. The van der Waals surface area contributed by atoms with Gasteiger partial charge in [-0.15, -0.1) is 11.3 Å². The molecule has 0 radical (unpaired) electrons. The summed E-state index contributed by atoms with van der Waals surface area (Å²) < 4.78 is 0. The third-order valence-corrected chi connectivity index (χ3v) is 4.52. The average Bonchev–Trinajstić information content (AvgIpc) is 3.25. The first-order chi connectivity index (χ1) is 13.6. The number of benzene rings is 2. The van der Waals surface area contributed by atoms with Gasteiger partial charge in [0.05, 0.1) is 0 Å². The predicted molar refractivity (Wildman–Crippen MR) is 110 cm³/mol. The van der Waals surface area contributed by atoms with Gasteiger partial charge < -0.3 is 5.32 Å². The molecule has 0 aliphatic heterocycles. The van der Waals surface area contributed by atoms with Crippen LogP contribution in [0.3, 0.4) is 0 Å². The van der Waals surface area contributed by atoms with Crippen LogP contribution in [0.5, 0.6) is 0 Å². The van der Waals surface area contributed by atoms with Crippen molar-refractivity contribution in [3.05, 3.63) is 94.2 Å². The first-order valence-corrected chi connectivity index (χ1v) is 9.28. The third kappa shape index (κ3) is 5.39. The predicted octanol–water partition coefficient (Wildman–Crippen LogP) is 3.47. The summed E-state index contributed by atoms with van der Waals surface area (Å²) in [4.78, 5) is 36.9. The Labute approximate surface area is 165 Å². The number of nitrogens with one attached hydrogen (secondary N) is 3. The second kappa shape index (κ2) is 9.29. The summed E-state index contributed by atoms with van der Waals surface area (Å²) in [6.07, 6.45) is 3.00. The van der Waals surface area contributed by atoms with E-state index in [0.717, 1.165) is 4.88 Å². The first kappa shape index (κ1) is 19.1. The molecule has 0 unspecified atom stereocenters. The fourth-order valence-electron chi connectivity index (χ4n) is 2.27. The minimum Gasteiger partial charge on any atom is -0.322 e. The number of carbonyl (C=O) groups is 3. The molecule has 28 heavy (non-hydrogen) atoms. The molecule has 0 aliphatic rings. The van der Waals surface area contributed by atoms with Crippen molar-refractivity contribution in [1.29, 1.82) is 0 Å². The van der Waals surface area contributed by atoms with E-state index in [0.29, 0.717) is 16.8 Å². The summed E-state index contributed by atoms with van der Waals surface area (Å²) in [5, 5.41) is 4.66. The van der Waals surface area contributed by atoms with Gasteiger partial charge in [0.1, 0.15) is 0 Å². The van der Waals surface area contributed by atoms with E-state index >= 15 is 0 Å². The van der Waals surface area contributed by atoms with Gasteiger partial charge in [-0.2, -0.15) is 0 Å². The highest BCUT2D eigenvalue weighted by atomic mass is 32.1. The number of carbonyl (C=O) groups excluding carboxylic acids is 3. The Hall–Kier alpha value is -3.71. The fourth-order valence-corrected chi connectivity index (χ4v) is 2.89. The summed E-state index contributed by atoms with van der Waals surface area (Å²) in [5.74, 6) is -1.13. The van der Waals surface area contributed by atoms with E-state index in [-0.39, 0.29) is 5.91 Å². The standard InChI is InChI=1S/C21H17N3O3S/c25-19(13-12-18-7-4-14-28-18)23-24-21(27)16-8-10-17(11-9-16)22-20(26)15-5-2-1-3-6-15/h1-14H,(H,22,26)(H,23,25)(H,24,27). The molecule has 140 valence electrons. The Kier molecular flexibility index (Phi) is 6.33. The Morgan fingerprint density at radius 3 is 2.14 bits per heavy atom. The van der Waals surface area contributed by atoms with Crippen LogP contribution in [-0.2, 0) is 4.79 Å². The molecular weight excluding hydrogens is 374 g/mol. The van der Waals surface area contributed by atoms with Gasteiger partial charge in [0.15, 0.2) is 0 Å². The van der Waals surface area contributed by atoms with Crippen molar-refractivity contribution in [2.45, 2.75) is 0 Å². The lowest BCUT2D eigenvalue weighted by atomic mass is 10.1. The Bertz CT molecular complexity index is 982. The van der Waals surface area contributed by atoms with E-state index in [1.165, 1.54) is 17.4 Å². The van der Waals surface area contributed by atoms with Gasteiger partial charge in [-0.1, -0.05) is 24.3 Å². The van der Waals surface area contributed by atoms with Crippen LogP contribution >= 0.6 is 11.3 Å². The molecule has 0 fully saturated rings. The zero-order valence-electron chi connectivity index (χ0n) is 14.7. The van der Waals surface area contributed by atoms with Crippen molar-refractivity contribution in [3.8, 4) is 0 Å². The zero-order chi connectivity index (χ0) is 19.8. The van der Waals surface area contributed by atoms with Crippen molar-refractivity contribution in [1.82, 2.24) is 10.9 Å². The number of amides is 3. The summed E-state index contributed by atoms with van der Waals surface area (Å²) in [6, 6.07) is 19.0. The topological polar surface area (TPSA) is 87.3 Å². The number of hydrogen-bond donors (Lipinski definition) is 3. The van der Waals surface area contributed by atoms with Crippen molar-refractivity contribution >= 4 is 40.8 Å². The maximum absolute atomic E-state index is 12.1. The maximum Gasteiger partial charge on any atom is 0.269 e. The Morgan fingerprint density at radius 2 is 1.46 bits per heavy atom. The number of hydrogen-bond acceptors (Lipinski definition) is 4. The molecular formula is C21H17N3O3S. The lowest BCUT2D eigenvalue weighted by Gasteiger charge is -2.08. The first-order valence-electron chi connectivity index (χ1n) is 8.40. The van der Waals surface area contributed by atoms with Gasteiger partial charge in [0, 0.05) is 27.8 Å². The van der Waals surface area contributed by atoms with Crippen LogP contribution in [0.1, 0.15) is 25.6 Å². The van der Waals surface area contributed by atoms with E-state index in [4.69, 9.17) is 0 Å². The third-order valence-electron chi connectivity index (χ3n) is 3.68. The Morgan fingerprint density at radius 1 is 0.750 bits per heavy atom. The largest absolute Gasteiger partial charge is 0.322 e. The van der Waals surface area contributed by atoms with Crippen LogP contribution in [0.2, 0.25) is 0 Å². The highest BCUT2D eigenvalue weighted by molar-refractivity contribution is 7.10. The SMILES string of the molecule is O=C(C=Cc1cccs1)NNC(=O)c1ccc(NC(=O)c2ccccc2)cc1. The minimum atomic E-state index is -0.459. The molecule has 3 N–H and O–H groups in total. The molecule has 0 atom stereocenters. The lowest BCUT2D eigenvalue weighted by Crippen LogP contribution is -2.40.